The van der Waals surface area contributed by atoms with Crippen molar-refractivity contribution in [3.63, 3.8) is 0 Å². The predicted octanol–water partition coefficient (Wildman–Crippen LogP) is 2.33. The third-order valence-corrected chi connectivity index (χ3v) is 6.06. The van der Waals surface area contributed by atoms with Crippen LogP contribution >= 0.6 is 0 Å². The fourth-order valence-corrected chi connectivity index (χ4v) is 4.70. The molecule has 2 bridgehead atoms. The fourth-order valence-electron chi connectivity index (χ4n) is 4.70. The first-order chi connectivity index (χ1) is 11.6. The van der Waals surface area contributed by atoms with Gasteiger partial charge in [-0.1, -0.05) is 13.3 Å². The molecule has 1 aromatic heterocycles. The van der Waals surface area contributed by atoms with Crippen LogP contribution in [-0.4, -0.2) is 34.2 Å². The Balaban J connectivity index is 1.71. The molecule has 0 aliphatic carbocycles. The highest BCUT2D eigenvalue weighted by Gasteiger charge is 2.42. The van der Waals surface area contributed by atoms with Crippen LogP contribution in [0.1, 0.15) is 37.9 Å². The van der Waals surface area contributed by atoms with E-state index in [0.29, 0.717) is 16.8 Å². The average Bonchev–Trinajstić information content (AvgIpc) is 2.61. The van der Waals surface area contributed by atoms with Crippen molar-refractivity contribution in [2.24, 2.45) is 11.8 Å². The lowest BCUT2D eigenvalue weighted by Gasteiger charge is -2.51. The van der Waals surface area contributed by atoms with Gasteiger partial charge in [-0.25, -0.2) is 0 Å². The molecule has 3 saturated heterocycles. The molecule has 24 heavy (non-hydrogen) atoms. The number of nitrogens with zero attached hydrogens (tertiary/aromatic N) is 2. The second-order valence-corrected chi connectivity index (χ2v) is 7.26. The van der Waals surface area contributed by atoms with E-state index in [9.17, 15) is 15.4 Å². The van der Waals surface area contributed by atoms with Crippen molar-refractivity contribution in [3.8, 4) is 5.75 Å². The standard InChI is InChI=1S/C19H24N2O3/c1-2-12-11-20-7-5-13(12)9-18(20)19(23)15-6-8-21(24)17-4-3-14(22)10-16(15)17/h3-4,6,8,10,12-13,18-19,22-23H,2,5,7,9,11H2,1H3/t12-,13-,18+,19-/m0/s1. The highest BCUT2D eigenvalue weighted by Crippen LogP contribution is 2.42. The van der Waals surface area contributed by atoms with Crippen LogP contribution in [-0.2, 0) is 0 Å². The van der Waals surface area contributed by atoms with Gasteiger partial charge in [-0.05, 0) is 43.4 Å². The molecule has 5 rings (SSSR count). The van der Waals surface area contributed by atoms with E-state index in [0.717, 1.165) is 35.7 Å². The summed E-state index contributed by atoms with van der Waals surface area (Å²) in [6.45, 7) is 4.35. The minimum Gasteiger partial charge on any atom is -0.618 e. The van der Waals surface area contributed by atoms with Crippen LogP contribution in [0.2, 0.25) is 0 Å². The predicted molar refractivity (Wildman–Crippen MR) is 91.4 cm³/mol. The molecule has 5 nitrogen and oxygen atoms in total. The highest BCUT2D eigenvalue weighted by molar-refractivity contribution is 5.81. The molecule has 3 aliphatic heterocycles. The van der Waals surface area contributed by atoms with Crippen LogP contribution in [0.5, 0.6) is 5.75 Å². The molecule has 5 atom stereocenters. The van der Waals surface area contributed by atoms with Gasteiger partial charge in [-0.2, -0.15) is 4.73 Å². The minimum absolute atomic E-state index is 0.0969. The normalized spacial score (nSPS) is 30.6. The lowest BCUT2D eigenvalue weighted by atomic mass is 9.72. The number of rotatable bonds is 3. The molecule has 1 aromatic carbocycles. The molecule has 128 valence electrons. The van der Waals surface area contributed by atoms with Gasteiger partial charge in [0.1, 0.15) is 5.75 Å². The second-order valence-electron chi connectivity index (χ2n) is 7.26. The number of hydrogen-bond acceptors (Lipinski definition) is 4. The van der Waals surface area contributed by atoms with E-state index in [2.05, 4.69) is 11.8 Å². The van der Waals surface area contributed by atoms with Crippen LogP contribution in [0.3, 0.4) is 0 Å². The summed E-state index contributed by atoms with van der Waals surface area (Å²) in [5.74, 6) is 1.54. The van der Waals surface area contributed by atoms with Gasteiger partial charge in [0.15, 0.2) is 6.20 Å². The first kappa shape index (κ1) is 15.7. The van der Waals surface area contributed by atoms with E-state index in [1.165, 1.54) is 25.1 Å². The number of aromatic nitrogens is 1. The van der Waals surface area contributed by atoms with Crippen LogP contribution in [0.4, 0.5) is 0 Å². The Kier molecular flexibility index (Phi) is 3.85. The van der Waals surface area contributed by atoms with E-state index >= 15 is 0 Å². The van der Waals surface area contributed by atoms with Crippen molar-refractivity contribution in [2.45, 2.75) is 38.3 Å². The fraction of sp³-hybridized carbons (Fsp3) is 0.526. The summed E-state index contributed by atoms with van der Waals surface area (Å²) in [5.41, 5.74) is 1.21. The topological polar surface area (TPSA) is 70.6 Å². The first-order valence-electron chi connectivity index (χ1n) is 8.85. The van der Waals surface area contributed by atoms with E-state index in [4.69, 9.17) is 0 Å². The van der Waals surface area contributed by atoms with Crippen LogP contribution in [0, 0.1) is 17.0 Å². The summed E-state index contributed by atoms with van der Waals surface area (Å²) in [4.78, 5) is 2.41. The lowest BCUT2D eigenvalue weighted by molar-refractivity contribution is -0.577. The maximum atomic E-state index is 12.0. The van der Waals surface area contributed by atoms with Gasteiger partial charge in [0.05, 0.1) is 11.5 Å². The van der Waals surface area contributed by atoms with E-state index in [-0.39, 0.29) is 11.8 Å². The Bertz CT molecular complexity index is 764. The molecular weight excluding hydrogens is 304 g/mol. The monoisotopic (exact) mass is 328 g/mol. The minimum atomic E-state index is -0.642. The second kappa shape index (κ2) is 5.90. The molecule has 0 radical (unpaired) electrons. The number of aliphatic hydroxyl groups excluding tert-OH is 1. The third-order valence-electron chi connectivity index (χ3n) is 6.06. The number of aliphatic hydroxyl groups is 1. The summed E-state index contributed by atoms with van der Waals surface area (Å²) < 4.78 is 0.783. The quantitative estimate of drug-likeness (QED) is 0.670. The Hall–Kier alpha value is -1.85. The van der Waals surface area contributed by atoms with Crippen molar-refractivity contribution in [2.75, 3.05) is 13.1 Å². The zero-order valence-electron chi connectivity index (χ0n) is 13.9. The lowest BCUT2D eigenvalue weighted by Crippen LogP contribution is -2.55. The number of pyridine rings is 1. The van der Waals surface area contributed by atoms with Crippen LogP contribution in [0.25, 0.3) is 10.9 Å². The zero-order valence-corrected chi connectivity index (χ0v) is 13.9. The number of hydrogen-bond donors (Lipinski definition) is 2. The molecule has 4 heterocycles. The summed E-state index contributed by atoms with van der Waals surface area (Å²) in [6, 6.07) is 6.48. The number of piperidine rings is 3. The third kappa shape index (κ3) is 2.43. The maximum Gasteiger partial charge on any atom is 0.224 e. The molecule has 5 heteroatoms. The first-order valence-corrected chi connectivity index (χ1v) is 8.85. The Morgan fingerprint density at radius 2 is 2.21 bits per heavy atom. The Morgan fingerprint density at radius 3 is 2.92 bits per heavy atom. The number of phenols is 1. The van der Waals surface area contributed by atoms with Crippen LogP contribution in [0.15, 0.2) is 30.5 Å². The Labute approximate surface area is 141 Å². The van der Waals surface area contributed by atoms with Crippen molar-refractivity contribution < 1.29 is 14.9 Å². The van der Waals surface area contributed by atoms with Crippen molar-refractivity contribution in [3.05, 3.63) is 41.2 Å². The van der Waals surface area contributed by atoms with E-state index < -0.39 is 6.10 Å². The van der Waals surface area contributed by atoms with Crippen molar-refractivity contribution in [1.29, 1.82) is 0 Å². The Morgan fingerprint density at radius 1 is 1.38 bits per heavy atom. The van der Waals surface area contributed by atoms with E-state index in [1.807, 2.05) is 0 Å². The molecule has 2 N–H and O–H groups in total. The average molecular weight is 328 g/mol. The van der Waals surface area contributed by atoms with Gasteiger partial charge in [0.25, 0.3) is 0 Å². The smallest absolute Gasteiger partial charge is 0.224 e. The van der Waals surface area contributed by atoms with Gasteiger partial charge in [0.2, 0.25) is 5.52 Å². The van der Waals surface area contributed by atoms with Crippen molar-refractivity contribution >= 4 is 10.9 Å². The van der Waals surface area contributed by atoms with Crippen LogP contribution < -0.4 is 4.73 Å². The number of benzene rings is 1. The zero-order chi connectivity index (χ0) is 16.8. The van der Waals surface area contributed by atoms with E-state index in [1.54, 1.807) is 18.2 Å². The number of phenolic OH excluding ortho intramolecular Hbond substituents is 1. The van der Waals surface area contributed by atoms with Gasteiger partial charge >= 0.3 is 0 Å². The number of fused-ring (bicyclic) bond motifs is 4. The molecule has 1 unspecified atom stereocenters. The molecule has 0 amide bonds. The van der Waals surface area contributed by atoms with Gasteiger partial charge in [-0.15, -0.1) is 0 Å². The number of aromatic hydroxyl groups is 1. The van der Waals surface area contributed by atoms with Gasteiger partial charge in [-0.3, -0.25) is 4.90 Å². The summed E-state index contributed by atoms with van der Waals surface area (Å²) >= 11 is 0. The SMILES string of the molecule is CC[C@H]1CN2CC[C@H]1C[C@@H]2[C@@H](O)c1cc[n+]([O-])c2ccc(O)cc12. The summed E-state index contributed by atoms with van der Waals surface area (Å²) in [6.07, 6.45) is 4.23. The highest BCUT2D eigenvalue weighted by atomic mass is 16.5. The maximum absolute atomic E-state index is 12.0. The molecule has 3 fully saturated rings. The largest absolute Gasteiger partial charge is 0.618 e. The molecule has 3 aliphatic rings. The van der Waals surface area contributed by atoms with Gasteiger partial charge in [0, 0.05) is 30.3 Å². The van der Waals surface area contributed by atoms with Crippen molar-refractivity contribution in [1.82, 2.24) is 4.90 Å². The molecule has 0 spiro atoms. The summed E-state index contributed by atoms with van der Waals surface area (Å²) in [5, 5.41) is 33.5. The molecule has 0 saturated carbocycles. The van der Waals surface area contributed by atoms with Gasteiger partial charge < -0.3 is 15.4 Å². The summed E-state index contributed by atoms with van der Waals surface area (Å²) in [7, 11) is 0. The molecular formula is C19H24N2O3. The molecule has 2 aromatic rings.